The molecular weight excluding hydrogens is 1420 g/mol. The summed E-state index contributed by atoms with van der Waals surface area (Å²) in [4.78, 5) is 114. The zero-order valence-corrected chi connectivity index (χ0v) is 56.7. The third kappa shape index (κ3) is 14.8. The highest BCUT2D eigenvalue weighted by molar-refractivity contribution is 7.12. The molecule has 0 aliphatic carbocycles. The number of nitrogens with one attached hydrogen (secondary N) is 2. The van der Waals surface area contributed by atoms with E-state index in [9.17, 15) is 51.4 Å². The van der Waals surface area contributed by atoms with E-state index in [1.807, 2.05) is 0 Å². The van der Waals surface area contributed by atoms with Gasteiger partial charge in [0, 0.05) is 133 Å². The average Bonchev–Trinajstić information content (AvgIpc) is 1.06. The second-order valence-electron chi connectivity index (χ2n) is 23.6. The number of aromatic nitrogens is 4. The van der Waals surface area contributed by atoms with Crippen LogP contribution in [0.2, 0.25) is 10.0 Å². The monoisotopic (exact) mass is 1470 g/mol. The second-order valence-corrected chi connectivity index (χ2v) is 26.2. The molecule has 10 heterocycles. The van der Waals surface area contributed by atoms with Crippen LogP contribution in [0.1, 0.15) is 53.9 Å². The van der Waals surface area contributed by atoms with E-state index in [0.29, 0.717) is 108 Å². The minimum Gasteiger partial charge on any atom is -0.478 e. The molecule has 0 radical (unpaired) electrons. The van der Waals surface area contributed by atoms with Gasteiger partial charge >= 0.3 is 35.9 Å². The van der Waals surface area contributed by atoms with Gasteiger partial charge in [0.05, 0.1) is 73.2 Å². The summed E-state index contributed by atoms with van der Waals surface area (Å²) in [7, 11) is 2.55. The number of aliphatic imine (C=N–C) groups is 2. The van der Waals surface area contributed by atoms with Gasteiger partial charge in [-0.05, 0) is 66.7 Å². The number of hydrogen-bond acceptors (Lipinski definition) is 22. The molecule has 0 spiro atoms. The molecule has 4 aromatic carbocycles. The van der Waals surface area contributed by atoms with Crippen LogP contribution in [0.5, 0.6) is 23.1 Å². The van der Waals surface area contributed by atoms with Crippen LogP contribution in [-0.2, 0) is 19.1 Å². The van der Waals surface area contributed by atoms with Gasteiger partial charge in [-0.15, -0.1) is 22.7 Å². The van der Waals surface area contributed by atoms with Gasteiger partial charge in [0.2, 0.25) is 5.88 Å². The van der Waals surface area contributed by atoms with Crippen LogP contribution in [0.15, 0.2) is 165 Å². The first-order valence-electron chi connectivity index (χ1n) is 31.1. The van der Waals surface area contributed by atoms with Gasteiger partial charge in [0.25, 0.3) is 0 Å². The molecule has 4 fully saturated rings. The fourth-order valence-corrected chi connectivity index (χ4v) is 14.3. The Morgan fingerprint density at radius 1 is 0.569 bits per heavy atom. The van der Waals surface area contributed by atoms with Gasteiger partial charge in [-0.25, -0.2) is 66.3 Å². The van der Waals surface area contributed by atoms with Gasteiger partial charge in [0.1, 0.15) is 58.4 Å². The predicted molar refractivity (Wildman–Crippen MR) is 365 cm³/mol. The molecule has 8 aromatic rings. The number of fused-ring (bicyclic) bond motifs is 2. The van der Waals surface area contributed by atoms with Gasteiger partial charge in [-0.2, -0.15) is 0 Å². The molecule has 4 saturated heterocycles. The van der Waals surface area contributed by atoms with Crippen LogP contribution in [0.25, 0.3) is 0 Å². The van der Waals surface area contributed by atoms with E-state index < -0.39 is 64.8 Å². The van der Waals surface area contributed by atoms with Gasteiger partial charge in [-0.3, -0.25) is 29.6 Å². The number of benzene rings is 4. The predicted octanol–water partition coefficient (Wildman–Crippen LogP) is 10.2. The van der Waals surface area contributed by atoms with E-state index in [1.54, 1.807) is 61.0 Å². The summed E-state index contributed by atoms with van der Waals surface area (Å²) < 4.78 is 77.6. The average molecular weight is 1470 g/mol. The fourth-order valence-electron chi connectivity index (χ4n) is 12.5. The SMILES string of the molecule is COC(=O)C1=C(CN2CCN3C(=O)N(c4ccc(Oc5cc(F)cc(C(=O)O)c5)cn4)C[C@@H]3C2)NC(c2nccs2)=N[C@H]1c1ccc(F)cc1Cl.COC(=O)C1=C(CN2CCN3C(=O)N(c4ccc(Oc5ccc(C(=O)O)c(F)c5)nc4)C[C@@H]3C2)NC(c2nccs2)=N[C@H]1c1ccc(F)cc1Cl. The number of thiazole rings is 2. The number of piperazine rings is 2. The molecule has 26 nitrogen and oxygen atoms in total. The highest BCUT2D eigenvalue weighted by atomic mass is 35.5. The molecule has 0 bridgehead atoms. The lowest BCUT2D eigenvalue weighted by atomic mass is 9.95. The topological polar surface area (TPSA) is 300 Å². The number of hydrogen-bond donors (Lipinski definition) is 4. The van der Waals surface area contributed by atoms with E-state index in [-0.39, 0.29) is 87.1 Å². The zero-order chi connectivity index (χ0) is 71.6. The summed E-state index contributed by atoms with van der Waals surface area (Å²) in [6, 6.07) is 18.2. The molecule has 4 amide bonds. The molecule has 14 rings (SSSR count). The fraction of sp³-hybridized carbons (Fsp3) is 0.235. The number of aromatic carboxylic acids is 2. The lowest BCUT2D eigenvalue weighted by Crippen LogP contribution is -2.53. The zero-order valence-electron chi connectivity index (χ0n) is 53.5. The molecule has 4 aromatic heterocycles. The smallest absolute Gasteiger partial charge is 0.338 e. The Balaban J connectivity index is 0.000000182. The highest BCUT2D eigenvalue weighted by Crippen LogP contribution is 2.40. The molecule has 102 heavy (non-hydrogen) atoms. The number of carbonyl (C=O) groups excluding carboxylic acids is 4. The van der Waals surface area contributed by atoms with Crippen LogP contribution >= 0.6 is 45.9 Å². The Bertz CT molecular complexity index is 4750. The van der Waals surface area contributed by atoms with Crippen LogP contribution in [0.3, 0.4) is 0 Å². The number of carboxylic acid groups (broad SMARTS) is 2. The van der Waals surface area contributed by atoms with Crippen molar-refractivity contribution in [3.63, 3.8) is 0 Å². The number of pyridine rings is 2. The van der Waals surface area contributed by atoms with Crippen molar-refractivity contribution in [1.29, 1.82) is 0 Å². The standard InChI is InChI=1S/2C34H28ClF2N7O6S/c1-49-33(47)28-26(40-30(31-38-8-11-51-31)41-29(28)22-5-2-18(36)12-24(22)35)17-42-9-10-43-20(15-42)16-44(34(43)48)19-3-7-27(39-14-19)50-21-4-6-23(32(45)46)25(37)13-21;1-49-33(47)28-26(40-30(31-38-6-9-51-31)41-29(28)24-4-2-19(36)13-25(24)35)17-42-7-8-43-21(15-42)16-44(34(43)48)27-5-3-22(14-39-27)50-23-11-18(32(45)46)10-20(37)12-23/h2-8,11-14,20,29H,9-10,15-17H2,1H3,(H,40,41)(H,45,46);2-6,9-14,21,29H,7-8,15-17H2,1H3,(H,40,41)(H,45,46)/t20-,29-;21-,29-/m00/s1. The second kappa shape index (κ2) is 29.7. The molecule has 524 valence electrons. The van der Waals surface area contributed by atoms with Gasteiger partial charge < -0.3 is 49.6 Å². The number of carboxylic acids is 2. The molecule has 6 aliphatic rings. The van der Waals surface area contributed by atoms with Crippen molar-refractivity contribution < 1.29 is 75.5 Å². The summed E-state index contributed by atoms with van der Waals surface area (Å²) in [5.41, 5.74) is 2.16. The van der Waals surface area contributed by atoms with E-state index in [1.165, 1.54) is 104 Å². The van der Waals surface area contributed by atoms with E-state index >= 15 is 0 Å². The number of nitrogens with zero attached hydrogens (tertiary/aromatic N) is 12. The number of esters is 2. The van der Waals surface area contributed by atoms with Crippen molar-refractivity contribution >= 4 is 105 Å². The van der Waals surface area contributed by atoms with Crippen molar-refractivity contribution in [3.8, 4) is 23.1 Å². The summed E-state index contributed by atoms with van der Waals surface area (Å²) in [5.74, 6) is -5.00. The third-order valence-corrected chi connectivity index (χ3v) is 19.5. The van der Waals surface area contributed by atoms with Crippen LogP contribution in [-0.4, -0.2) is 189 Å². The number of halogens is 6. The normalized spacial score (nSPS) is 19.1. The number of urea groups is 2. The molecule has 0 unspecified atom stereocenters. The summed E-state index contributed by atoms with van der Waals surface area (Å²) in [6.07, 6.45) is 6.13. The Morgan fingerprint density at radius 3 is 1.61 bits per heavy atom. The minimum atomic E-state index is -1.39. The maximum Gasteiger partial charge on any atom is 0.338 e. The molecule has 6 aliphatic heterocycles. The Labute approximate surface area is 595 Å². The van der Waals surface area contributed by atoms with Crippen LogP contribution < -0.4 is 29.9 Å². The summed E-state index contributed by atoms with van der Waals surface area (Å²) in [6.45, 7) is 4.06. The van der Waals surface area contributed by atoms with E-state index in [2.05, 4.69) is 40.4 Å². The lowest BCUT2D eigenvalue weighted by Gasteiger charge is -2.38. The number of amides is 4. The van der Waals surface area contributed by atoms with Crippen molar-refractivity contribution in [2.24, 2.45) is 9.98 Å². The summed E-state index contributed by atoms with van der Waals surface area (Å²) >= 11 is 15.7. The van der Waals surface area contributed by atoms with Crippen molar-refractivity contribution in [2.75, 3.05) is 89.5 Å². The highest BCUT2D eigenvalue weighted by Gasteiger charge is 2.45. The molecular formula is C68H56Cl2F4N14O12S2. The maximum atomic E-state index is 14.1. The largest absolute Gasteiger partial charge is 0.478 e. The van der Waals surface area contributed by atoms with Crippen molar-refractivity contribution in [1.82, 2.24) is 50.2 Å². The summed E-state index contributed by atoms with van der Waals surface area (Å²) in [5, 5.41) is 29.8. The Kier molecular flexibility index (Phi) is 20.3. The minimum absolute atomic E-state index is 0.00789. The molecule has 4 N–H and O–H groups in total. The first-order chi connectivity index (χ1) is 49.2. The number of rotatable bonds is 18. The van der Waals surface area contributed by atoms with Crippen LogP contribution in [0.4, 0.5) is 38.7 Å². The lowest BCUT2D eigenvalue weighted by molar-refractivity contribution is -0.137. The Morgan fingerprint density at radius 2 is 1.13 bits per heavy atom. The third-order valence-electron chi connectivity index (χ3n) is 17.3. The first-order valence-corrected chi connectivity index (χ1v) is 33.7. The molecule has 0 saturated carbocycles. The number of anilines is 2. The van der Waals surface area contributed by atoms with Gasteiger partial charge in [-0.1, -0.05) is 35.3 Å². The molecule has 34 heteroatoms. The van der Waals surface area contributed by atoms with Crippen molar-refractivity contribution in [2.45, 2.75) is 24.2 Å². The van der Waals surface area contributed by atoms with E-state index in [4.69, 9.17) is 57.2 Å². The maximum absolute atomic E-state index is 14.1. The number of ether oxygens (including phenoxy) is 4. The van der Waals surface area contributed by atoms with Crippen LogP contribution in [0, 0.1) is 23.3 Å². The quantitative estimate of drug-likeness (QED) is 0.0458. The number of amidine groups is 2. The van der Waals surface area contributed by atoms with Crippen molar-refractivity contribution in [3.05, 3.63) is 221 Å². The van der Waals surface area contributed by atoms with E-state index in [0.717, 1.165) is 24.3 Å². The Hall–Kier alpha value is -10.9. The van der Waals surface area contributed by atoms with Gasteiger partial charge in [0.15, 0.2) is 21.7 Å². The first kappa shape index (κ1) is 69.6. The number of carbonyl (C=O) groups is 6. The number of methoxy groups -OCH3 is 2. The molecule has 4 atom stereocenters.